The van der Waals surface area contributed by atoms with Crippen molar-refractivity contribution in [1.82, 2.24) is 5.32 Å². The molecule has 1 unspecified atom stereocenters. The molecule has 0 spiro atoms. The Kier molecular flexibility index (Phi) is 7.33. The van der Waals surface area contributed by atoms with Crippen molar-refractivity contribution in [1.29, 1.82) is 0 Å². The van der Waals surface area contributed by atoms with Crippen molar-refractivity contribution in [3.63, 3.8) is 0 Å². The number of hydrogen-bond donors (Lipinski definition) is 1. The summed E-state index contributed by atoms with van der Waals surface area (Å²) in [6.07, 6.45) is 1.72. The van der Waals surface area contributed by atoms with Crippen LogP contribution in [0.5, 0.6) is 11.5 Å². The average molecular weight is 467 g/mol. The fourth-order valence-corrected chi connectivity index (χ4v) is 4.63. The molecule has 0 saturated carbocycles. The molecule has 0 fully saturated rings. The van der Waals surface area contributed by atoms with Crippen LogP contribution < -0.4 is 19.1 Å². The molecule has 7 nitrogen and oxygen atoms in total. The molecular formula is C22H27ClN2O5S. The smallest absolute Gasteiger partial charge is 0.232 e. The second-order valence-electron chi connectivity index (χ2n) is 7.51. The van der Waals surface area contributed by atoms with E-state index in [0.717, 1.165) is 11.8 Å². The van der Waals surface area contributed by atoms with Gasteiger partial charge in [0.2, 0.25) is 15.9 Å². The number of sulfonamides is 1. The molecule has 1 atom stereocenters. The lowest BCUT2D eigenvalue weighted by molar-refractivity contribution is -0.121. The summed E-state index contributed by atoms with van der Waals surface area (Å²) in [7, 11) is -3.51. The Morgan fingerprint density at radius 1 is 1.19 bits per heavy atom. The number of anilines is 1. The van der Waals surface area contributed by atoms with Gasteiger partial charge in [0.15, 0.2) is 11.5 Å². The first-order valence-electron chi connectivity index (χ1n) is 10.1. The van der Waals surface area contributed by atoms with Gasteiger partial charge in [0.25, 0.3) is 0 Å². The maximum absolute atomic E-state index is 12.4. The predicted octanol–water partition coefficient (Wildman–Crippen LogP) is 3.84. The highest BCUT2D eigenvalue weighted by atomic mass is 35.5. The largest absolute Gasteiger partial charge is 0.486 e. The molecule has 0 bridgehead atoms. The zero-order valence-electron chi connectivity index (χ0n) is 17.9. The van der Waals surface area contributed by atoms with E-state index in [0.29, 0.717) is 47.4 Å². The number of nitrogens with one attached hydrogen (secondary N) is 1. The summed E-state index contributed by atoms with van der Waals surface area (Å²) in [5, 5.41) is 3.45. The Labute approximate surface area is 188 Å². The van der Waals surface area contributed by atoms with E-state index < -0.39 is 10.0 Å². The zero-order valence-corrected chi connectivity index (χ0v) is 19.4. The summed E-state index contributed by atoms with van der Waals surface area (Å²) >= 11 is 6.15. The molecule has 31 heavy (non-hydrogen) atoms. The van der Waals surface area contributed by atoms with Crippen LogP contribution in [0.4, 0.5) is 5.69 Å². The van der Waals surface area contributed by atoms with Crippen molar-refractivity contribution in [3.8, 4) is 11.5 Å². The van der Waals surface area contributed by atoms with E-state index in [9.17, 15) is 13.2 Å². The van der Waals surface area contributed by atoms with E-state index in [1.54, 1.807) is 25.1 Å². The van der Waals surface area contributed by atoms with Crippen LogP contribution in [0.3, 0.4) is 0 Å². The Morgan fingerprint density at radius 2 is 1.90 bits per heavy atom. The number of halogens is 1. The molecular weight excluding hydrogens is 440 g/mol. The molecule has 1 aliphatic rings. The molecule has 9 heteroatoms. The molecule has 0 aromatic heterocycles. The fraction of sp³-hybridized carbons (Fsp3) is 0.409. The normalized spacial score (nSPS) is 14.1. The number of carbonyl (C=O) groups excluding carboxylic acids is 1. The van der Waals surface area contributed by atoms with Crippen molar-refractivity contribution >= 4 is 33.2 Å². The van der Waals surface area contributed by atoms with Gasteiger partial charge in [-0.25, -0.2) is 8.42 Å². The maximum Gasteiger partial charge on any atom is 0.232 e. The third-order valence-corrected chi connectivity index (χ3v) is 6.71. The van der Waals surface area contributed by atoms with E-state index in [-0.39, 0.29) is 24.9 Å². The Morgan fingerprint density at radius 3 is 2.61 bits per heavy atom. The number of ether oxygens (including phenoxy) is 2. The first-order valence-corrected chi connectivity index (χ1v) is 12.3. The van der Waals surface area contributed by atoms with Gasteiger partial charge in [-0.15, -0.1) is 0 Å². The van der Waals surface area contributed by atoms with Gasteiger partial charge in [0.1, 0.15) is 13.2 Å². The molecule has 0 aliphatic carbocycles. The lowest BCUT2D eigenvalue weighted by Gasteiger charge is -2.24. The van der Waals surface area contributed by atoms with Gasteiger partial charge >= 0.3 is 0 Å². The molecule has 1 aliphatic heterocycles. The van der Waals surface area contributed by atoms with Crippen LogP contribution in [0, 0.1) is 6.92 Å². The number of hydrogen-bond acceptors (Lipinski definition) is 5. The molecule has 1 N–H and O–H groups in total. The van der Waals surface area contributed by atoms with E-state index in [4.69, 9.17) is 21.1 Å². The highest BCUT2D eigenvalue weighted by molar-refractivity contribution is 7.92. The summed E-state index contributed by atoms with van der Waals surface area (Å²) in [6.45, 7) is 4.88. The highest BCUT2D eigenvalue weighted by Crippen LogP contribution is 2.32. The number of rotatable bonds is 8. The van der Waals surface area contributed by atoms with E-state index in [2.05, 4.69) is 5.32 Å². The number of amides is 1. The van der Waals surface area contributed by atoms with Crippen molar-refractivity contribution < 1.29 is 22.7 Å². The lowest BCUT2D eigenvalue weighted by Crippen LogP contribution is -2.33. The van der Waals surface area contributed by atoms with Crippen molar-refractivity contribution in [2.24, 2.45) is 0 Å². The van der Waals surface area contributed by atoms with Crippen LogP contribution in [-0.2, 0) is 14.8 Å². The summed E-state index contributed by atoms with van der Waals surface area (Å²) < 4.78 is 37.0. The van der Waals surface area contributed by atoms with E-state index >= 15 is 0 Å². The number of fused-ring (bicyclic) bond motifs is 1. The van der Waals surface area contributed by atoms with Gasteiger partial charge in [-0.2, -0.15) is 0 Å². The summed E-state index contributed by atoms with van der Waals surface area (Å²) in [4.78, 5) is 12.4. The SMILES string of the molecule is Cc1c(Cl)cccc1N(CCCC(=O)NC(C)c1ccc2c(c1)OCCO2)S(C)(=O)=O. The minimum absolute atomic E-state index is 0.154. The third kappa shape index (κ3) is 5.83. The first kappa shape index (κ1) is 23.2. The predicted molar refractivity (Wildman–Crippen MR) is 122 cm³/mol. The van der Waals surface area contributed by atoms with Gasteiger partial charge in [-0.3, -0.25) is 9.10 Å². The molecule has 0 radical (unpaired) electrons. The fourth-order valence-electron chi connectivity index (χ4n) is 3.44. The van der Waals surface area contributed by atoms with Gasteiger partial charge < -0.3 is 14.8 Å². The lowest BCUT2D eigenvalue weighted by atomic mass is 10.1. The average Bonchev–Trinajstić information content (AvgIpc) is 2.72. The molecule has 1 amide bonds. The first-order chi connectivity index (χ1) is 14.7. The molecule has 2 aromatic rings. The van der Waals surface area contributed by atoms with Crippen molar-refractivity contribution in [2.45, 2.75) is 32.7 Å². The molecule has 168 valence electrons. The van der Waals surface area contributed by atoms with Gasteiger partial charge in [0.05, 0.1) is 18.0 Å². The van der Waals surface area contributed by atoms with Crippen LogP contribution in [0.2, 0.25) is 5.02 Å². The standard InChI is InChI=1S/C22H27ClN2O5S/c1-15-18(23)6-4-7-19(15)25(31(3,27)28)11-5-8-22(26)24-16(2)17-9-10-20-21(14-17)30-13-12-29-20/h4,6-7,9-10,14,16H,5,8,11-13H2,1-3H3,(H,24,26). The second-order valence-corrected chi connectivity index (χ2v) is 9.83. The summed E-state index contributed by atoms with van der Waals surface area (Å²) in [6, 6.07) is 10.5. The number of benzene rings is 2. The van der Waals surface area contributed by atoms with Crippen LogP contribution in [0.1, 0.15) is 36.9 Å². The molecule has 2 aromatic carbocycles. The summed E-state index contributed by atoms with van der Waals surface area (Å²) in [5.41, 5.74) is 2.12. The minimum atomic E-state index is -3.51. The quantitative estimate of drug-likeness (QED) is 0.638. The van der Waals surface area contributed by atoms with Gasteiger partial charge in [-0.05, 0) is 55.7 Å². The molecule has 1 heterocycles. The summed E-state index contributed by atoms with van der Waals surface area (Å²) in [5.74, 6) is 1.22. The minimum Gasteiger partial charge on any atom is -0.486 e. The Hall–Kier alpha value is -2.45. The maximum atomic E-state index is 12.4. The second kappa shape index (κ2) is 9.78. The van der Waals surface area contributed by atoms with E-state index in [1.807, 2.05) is 25.1 Å². The monoisotopic (exact) mass is 466 g/mol. The topological polar surface area (TPSA) is 84.9 Å². The highest BCUT2D eigenvalue weighted by Gasteiger charge is 2.21. The third-order valence-electron chi connectivity index (χ3n) is 5.12. The van der Waals surface area contributed by atoms with Crippen LogP contribution >= 0.6 is 11.6 Å². The van der Waals surface area contributed by atoms with Gasteiger partial charge in [0, 0.05) is 18.0 Å². The number of carbonyl (C=O) groups is 1. The van der Waals surface area contributed by atoms with Crippen LogP contribution in [0.15, 0.2) is 36.4 Å². The van der Waals surface area contributed by atoms with Crippen molar-refractivity contribution in [3.05, 3.63) is 52.5 Å². The Balaban J connectivity index is 1.58. The van der Waals surface area contributed by atoms with Crippen LogP contribution in [0.25, 0.3) is 0 Å². The molecule has 3 rings (SSSR count). The molecule has 0 saturated heterocycles. The van der Waals surface area contributed by atoms with Crippen molar-refractivity contribution in [2.75, 3.05) is 30.3 Å². The number of nitrogens with zero attached hydrogens (tertiary/aromatic N) is 1. The zero-order chi connectivity index (χ0) is 22.6. The van der Waals surface area contributed by atoms with E-state index in [1.165, 1.54) is 4.31 Å². The van der Waals surface area contributed by atoms with Gasteiger partial charge in [-0.1, -0.05) is 23.7 Å². The Bertz CT molecular complexity index is 1060. The van der Waals surface area contributed by atoms with Crippen LogP contribution in [-0.4, -0.2) is 40.3 Å².